The molecule has 0 amide bonds. The van der Waals surface area contributed by atoms with Crippen LogP contribution in [0.2, 0.25) is 0 Å². The number of rotatable bonds is 0. The van der Waals surface area contributed by atoms with Crippen molar-refractivity contribution in [3.05, 3.63) is 0 Å². The van der Waals surface area contributed by atoms with Gasteiger partial charge in [0.15, 0.2) is 0 Å². The molecule has 0 aromatic carbocycles. The van der Waals surface area contributed by atoms with E-state index in [0.717, 1.165) is 0 Å². The maximum atomic E-state index is 10.5. The zero-order chi connectivity index (χ0) is 23.5. The third kappa shape index (κ3) is 10.6. The maximum absolute atomic E-state index is 10.5. The summed E-state index contributed by atoms with van der Waals surface area (Å²) in [5, 5.41) is 62.9. The number of hydrogen-bond acceptors (Lipinski definition) is 21. The van der Waals surface area contributed by atoms with E-state index in [4.69, 9.17) is 0 Å². The van der Waals surface area contributed by atoms with Crippen LogP contribution in [0.1, 0.15) is 0 Å². The minimum atomic E-state index is -1.73. The quantitative estimate of drug-likeness (QED) is 0.251. The summed E-state index contributed by atoms with van der Waals surface area (Å²) in [4.78, 5) is 0. The second-order valence-electron chi connectivity index (χ2n) is 5.51. The Bertz CT molecular complexity index is 439. The molecule has 0 aromatic rings. The molecule has 6 aliphatic heterocycles. The van der Waals surface area contributed by atoms with Crippen LogP contribution in [0.25, 0.3) is 0 Å². The van der Waals surface area contributed by atoms with Crippen molar-refractivity contribution in [2.24, 2.45) is 0 Å². The summed E-state index contributed by atoms with van der Waals surface area (Å²) in [7, 11) is -18.0. The normalized spacial score (nSPS) is 23.1. The van der Waals surface area contributed by atoms with Crippen molar-refractivity contribution in [1.29, 1.82) is 0 Å². The van der Waals surface area contributed by atoms with Gasteiger partial charge in [0, 0.05) is 0 Å². The molecule has 6 heterocycles. The first-order valence-electron chi connectivity index (χ1n) is 8.49. The SMILES string of the molecule is [O-]B1OB2OB([O-])OB(O1)O2.[O-]B1OB2OB([O-])OB(O1)O2.[O-]B1OB2OB([O-])OB(O1)O2.[Sc+3].[Sc+3]. The Morgan fingerprint density at radius 1 is 0.229 bits per heavy atom. The molecule has 0 unspecified atom stereocenters. The second-order valence-corrected chi connectivity index (χ2v) is 5.51. The average Bonchev–Trinajstić information content (AvgIpc) is 2.65. The van der Waals surface area contributed by atoms with Gasteiger partial charge in [-0.05, 0) is 0 Å². The monoisotopic (exact) mass is 558 g/mol. The molecule has 0 spiro atoms. The first kappa shape index (κ1) is 32.9. The van der Waals surface area contributed by atoms with Crippen LogP contribution in [0.15, 0.2) is 0 Å². The molecule has 35 heteroatoms. The fourth-order valence-corrected chi connectivity index (χ4v) is 2.13. The molecule has 0 saturated carbocycles. The predicted molar refractivity (Wildman–Crippen MR) is 85.3 cm³/mol. The minimum Gasteiger partial charge on any atom is -0.833 e. The standard InChI is InChI=1S/3B4O7.2Sc/c3*5-1-7-3-9-2(6)10-4(8-1)11-3;;/q3*-2;2*+3. The van der Waals surface area contributed by atoms with E-state index in [0.29, 0.717) is 0 Å². The van der Waals surface area contributed by atoms with Crippen molar-refractivity contribution in [3.8, 4) is 0 Å². The van der Waals surface area contributed by atoms with Gasteiger partial charge in [0.05, 0.1) is 0 Å². The summed E-state index contributed by atoms with van der Waals surface area (Å²) in [6, 6.07) is 0. The van der Waals surface area contributed by atoms with Crippen LogP contribution in [0.5, 0.6) is 0 Å². The Morgan fingerprint density at radius 2 is 0.343 bits per heavy atom. The van der Waals surface area contributed by atoms with Gasteiger partial charge in [0.1, 0.15) is 0 Å². The van der Waals surface area contributed by atoms with E-state index in [2.05, 4.69) is 68.6 Å². The summed E-state index contributed by atoms with van der Waals surface area (Å²) in [6.07, 6.45) is 0. The molecule has 0 N–H and O–H groups in total. The summed E-state index contributed by atoms with van der Waals surface area (Å²) >= 11 is 0. The molecule has 21 nitrogen and oxygen atoms in total. The Kier molecular flexibility index (Phi) is 14.5. The smallest absolute Gasteiger partial charge is 0.833 e. The van der Waals surface area contributed by atoms with Gasteiger partial charge in [-0.15, -0.1) is 0 Å². The molecule has 0 aliphatic carbocycles. The minimum absolute atomic E-state index is 0. The molecular formula is B12O21Sc2. The van der Waals surface area contributed by atoms with Gasteiger partial charge >= 0.3 is 140 Å². The van der Waals surface area contributed by atoms with Gasteiger partial charge in [0.2, 0.25) is 0 Å². The fourth-order valence-electron chi connectivity index (χ4n) is 2.13. The molecule has 6 saturated heterocycles. The Balaban J connectivity index is 0.000000180. The maximum Gasteiger partial charge on any atom is 3.00 e. The molecule has 168 valence electrons. The summed E-state index contributed by atoms with van der Waals surface area (Å²) in [6.45, 7) is 0. The van der Waals surface area contributed by atoms with Crippen molar-refractivity contribution in [1.82, 2.24) is 0 Å². The fraction of sp³-hybridized carbons (Fsp3) is 0. The topological polar surface area (TPSA) is 277 Å². The van der Waals surface area contributed by atoms with E-state index in [-0.39, 0.29) is 51.7 Å². The second kappa shape index (κ2) is 15.5. The Hall–Kier alpha value is 1.68. The van der Waals surface area contributed by atoms with Gasteiger partial charge in [-0.25, -0.2) is 0 Å². The van der Waals surface area contributed by atoms with Crippen LogP contribution in [0.4, 0.5) is 0 Å². The van der Waals surface area contributed by atoms with E-state index < -0.39 is 87.9 Å². The Labute approximate surface area is 237 Å². The van der Waals surface area contributed by atoms with Crippen molar-refractivity contribution >= 4 is 87.9 Å². The van der Waals surface area contributed by atoms with Crippen molar-refractivity contribution in [2.45, 2.75) is 0 Å². The number of fused-ring (bicyclic) bond motifs is 6. The van der Waals surface area contributed by atoms with Gasteiger partial charge in [-0.1, -0.05) is 0 Å². The average molecular weight is 556 g/mol. The van der Waals surface area contributed by atoms with Crippen LogP contribution in [0, 0.1) is 0 Å². The predicted octanol–water partition coefficient (Wildman–Crippen LogP) is -12.7. The molecule has 0 atom stereocenters. The molecule has 0 radical (unpaired) electrons. The number of hydrogen-bond donors (Lipinski definition) is 0. The third-order valence-electron chi connectivity index (χ3n) is 3.33. The van der Waals surface area contributed by atoms with Gasteiger partial charge in [-0.3, -0.25) is 0 Å². The van der Waals surface area contributed by atoms with Crippen molar-refractivity contribution in [2.75, 3.05) is 0 Å². The zero-order valence-corrected chi connectivity index (χ0v) is 20.3. The first-order chi connectivity index (χ1) is 15.7. The van der Waals surface area contributed by atoms with Crippen LogP contribution in [0.3, 0.4) is 0 Å². The molecule has 0 aromatic heterocycles. The molecule has 6 rings (SSSR count). The van der Waals surface area contributed by atoms with Gasteiger partial charge in [0.25, 0.3) is 0 Å². The van der Waals surface area contributed by atoms with Crippen LogP contribution < -0.4 is 30.1 Å². The zero-order valence-electron chi connectivity index (χ0n) is 16.7. The van der Waals surface area contributed by atoms with E-state index >= 15 is 0 Å². The molecule has 6 bridgehead atoms. The van der Waals surface area contributed by atoms with E-state index in [1.165, 1.54) is 0 Å². The summed E-state index contributed by atoms with van der Waals surface area (Å²) in [5.41, 5.74) is 0. The van der Waals surface area contributed by atoms with Crippen molar-refractivity contribution < 1.29 is 150 Å². The van der Waals surface area contributed by atoms with Crippen LogP contribution in [-0.4, -0.2) is 87.9 Å². The van der Waals surface area contributed by atoms with Crippen molar-refractivity contribution in [3.63, 3.8) is 0 Å². The third-order valence-corrected chi connectivity index (χ3v) is 3.33. The first-order valence-corrected chi connectivity index (χ1v) is 8.49. The summed E-state index contributed by atoms with van der Waals surface area (Å²) in [5.74, 6) is 0. The van der Waals surface area contributed by atoms with Crippen LogP contribution >= 0.6 is 0 Å². The van der Waals surface area contributed by atoms with Crippen LogP contribution in [-0.2, 0) is 120 Å². The van der Waals surface area contributed by atoms with E-state index in [1.54, 1.807) is 0 Å². The van der Waals surface area contributed by atoms with E-state index in [1.807, 2.05) is 0 Å². The summed E-state index contributed by atoms with van der Waals surface area (Å²) < 4.78 is 65.6. The van der Waals surface area contributed by atoms with Gasteiger partial charge in [-0.2, -0.15) is 0 Å². The van der Waals surface area contributed by atoms with Gasteiger partial charge < -0.3 is 98.7 Å². The largest absolute Gasteiger partial charge is 3.00 e. The molecular weight excluding hydrogens is 556 g/mol. The molecule has 6 aliphatic rings. The van der Waals surface area contributed by atoms with E-state index in [9.17, 15) is 30.1 Å². The Morgan fingerprint density at radius 3 is 0.457 bits per heavy atom. The molecule has 6 fully saturated rings. The molecule has 35 heavy (non-hydrogen) atoms.